The second-order valence-corrected chi connectivity index (χ2v) is 4.44. The largest absolute Gasteiger partial charge is 0.383 e. The fraction of sp³-hybridized carbons (Fsp3) is 0.455. The van der Waals surface area contributed by atoms with Gasteiger partial charge in [-0.15, -0.1) is 0 Å². The lowest BCUT2D eigenvalue weighted by molar-refractivity contribution is -0.117. The zero-order valence-electron chi connectivity index (χ0n) is 11.0. The predicted molar refractivity (Wildman–Crippen MR) is 71.1 cm³/mol. The Hall–Kier alpha value is -2.38. The van der Waals surface area contributed by atoms with Crippen LogP contribution in [0.25, 0.3) is 0 Å². The molecular weight excluding hydrogens is 248 g/mol. The third-order valence-electron chi connectivity index (χ3n) is 2.46. The van der Waals surface area contributed by atoms with Crippen molar-refractivity contribution in [3.8, 4) is 0 Å². The quantitative estimate of drug-likeness (QED) is 0.600. The molecule has 19 heavy (non-hydrogen) atoms. The number of primary amides is 2. The fourth-order valence-electron chi connectivity index (χ4n) is 1.79. The van der Waals surface area contributed by atoms with Crippen molar-refractivity contribution in [2.75, 3.05) is 23.7 Å². The van der Waals surface area contributed by atoms with Gasteiger partial charge in [0.2, 0.25) is 11.8 Å². The molecule has 0 aliphatic carbocycles. The molecule has 0 saturated carbocycles. The molecule has 0 aromatic carbocycles. The minimum atomic E-state index is -0.590. The van der Waals surface area contributed by atoms with Gasteiger partial charge in [-0.25, -0.2) is 9.97 Å². The first-order valence-electron chi connectivity index (χ1n) is 5.74. The Morgan fingerprint density at radius 1 is 1.21 bits per heavy atom. The van der Waals surface area contributed by atoms with Gasteiger partial charge in [-0.05, 0) is 5.92 Å². The molecular formula is C11H18N6O2. The number of amides is 2. The van der Waals surface area contributed by atoms with E-state index in [4.69, 9.17) is 17.2 Å². The zero-order valence-corrected chi connectivity index (χ0v) is 11.0. The summed E-state index contributed by atoms with van der Waals surface area (Å²) in [7, 11) is 0. The molecule has 0 fully saturated rings. The summed E-state index contributed by atoms with van der Waals surface area (Å²) in [6.07, 6.45) is 1.27. The van der Waals surface area contributed by atoms with Gasteiger partial charge in [0, 0.05) is 5.56 Å². The van der Waals surface area contributed by atoms with Crippen LogP contribution in [-0.2, 0) is 9.59 Å². The minimum absolute atomic E-state index is 0.0273. The van der Waals surface area contributed by atoms with E-state index in [1.54, 1.807) is 0 Å². The summed E-state index contributed by atoms with van der Waals surface area (Å²) >= 11 is 0. The maximum atomic E-state index is 11.1. The maximum Gasteiger partial charge on any atom is 0.237 e. The van der Waals surface area contributed by atoms with Crippen molar-refractivity contribution in [3.05, 3.63) is 11.9 Å². The number of hydrogen-bond donors (Lipinski definition) is 3. The SMILES string of the molecule is CC(C)c1c(N)ncnc1N(CC(N)=O)CC(N)=O. The first-order chi connectivity index (χ1) is 8.82. The van der Waals surface area contributed by atoms with Gasteiger partial charge in [0.25, 0.3) is 0 Å². The lowest BCUT2D eigenvalue weighted by Gasteiger charge is -2.24. The van der Waals surface area contributed by atoms with Crippen molar-refractivity contribution in [2.45, 2.75) is 19.8 Å². The van der Waals surface area contributed by atoms with E-state index < -0.39 is 11.8 Å². The molecule has 0 aliphatic heterocycles. The molecule has 0 radical (unpaired) electrons. The highest BCUT2D eigenvalue weighted by molar-refractivity contribution is 5.85. The molecule has 2 amide bonds. The lowest BCUT2D eigenvalue weighted by Crippen LogP contribution is -2.40. The standard InChI is InChI=1S/C11H18N6O2/c1-6(2)9-10(14)15-5-16-11(9)17(3-7(12)18)4-8(13)19/h5-6H,3-4H2,1-2H3,(H2,12,18)(H2,13,19)(H2,14,15,16). The molecule has 104 valence electrons. The number of carbonyl (C=O) groups is 2. The predicted octanol–water partition coefficient (Wildman–Crippen LogP) is -1.04. The summed E-state index contributed by atoms with van der Waals surface area (Å²) in [4.78, 5) is 31.6. The van der Waals surface area contributed by atoms with Crippen molar-refractivity contribution < 1.29 is 9.59 Å². The van der Waals surface area contributed by atoms with Crippen molar-refractivity contribution in [1.29, 1.82) is 0 Å². The second-order valence-electron chi connectivity index (χ2n) is 4.44. The van der Waals surface area contributed by atoms with Crippen LogP contribution >= 0.6 is 0 Å². The zero-order chi connectivity index (χ0) is 14.6. The highest BCUT2D eigenvalue weighted by Crippen LogP contribution is 2.28. The molecule has 0 unspecified atom stereocenters. The Morgan fingerprint density at radius 2 is 1.74 bits per heavy atom. The molecule has 0 bridgehead atoms. The molecule has 1 heterocycles. The normalized spacial score (nSPS) is 10.5. The van der Waals surface area contributed by atoms with Gasteiger partial charge in [-0.3, -0.25) is 9.59 Å². The van der Waals surface area contributed by atoms with Gasteiger partial charge in [0.05, 0.1) is 13.1 Å². The van der Waals surface area contributed by atoms with Crippen LogP contribution in [0, 0.1) is 0 Å². The summed E-state index contributed by atoms with van der Waals surface area (Å²) in [6, 6.07) is 0. The summed E-state index contributed by atoms with van der Waals surface area (Å²) < 4.78 is 0. The van der Waals surface area contributed by atoms with E-state index in [9.17, 15) is 9.59 Å². The van der Waals surface area contributed by atoms with Crippen LogP contribution < -0.4 is 22.1 Å². The van der Waals surface area contributed by atoms with E-state index in [-0.39, 0.29) is 19.0 Å². The van der Waals surface area contributed by atoms with Gasteiger partial charge >= 0.3 is 0 Å². The molecule has 0 atom stereocenters. The molecule has 8 heteroatoms. The number of carbonyl (C=O) groups excluding carboxylic acids is 2. The fourth-order valence-corrected chi connectivity index (χ4v) is 1.79. The van der Waals surface area contributed by atoms with Gasteiger partial charge in [-0.1, -0.05) is 13.8 Å². The monoisotopic (exact) mass is 266 g/mol. The van der Waals surface area contributed by atoms with E-state index in [1.807, 2.05) is 13.8 Å². The average Bonchev–Trinajstić information content (AvgIpc) is 2.25. The lowest BCUT2D eigenvalue weighted by atomic mass is 10.0. The second kappa shape index (κ2) is 5.98. The maximum absolute atomic E-state index is 11.1. The van der Waals surface area contributed by atoms with E-state index in [0.717, 1.165) is 0 Å². The summed E-state index contributed by atoms with van der Waals surface area (Å²) in [6.45, 7) is 3.48. The van der Waals surface area contributed by atoms with Crippen molar-refractivity contribution in [2.24, 2.45) is 11.5 Å². The van der Waals surface area contributed by atoms with Crippen LogP contribution in [0.1, 0.15) is 25.3 Å². The number of nitrogens with two attached hydrogens (primary N) is 3. The summed E-state index contributed by atoms with van der Waals surface area (Å²) in [5, 5.41) is 0. The number of rotatable bonds is 6. The molecule has 1 aromatic heterocycles. The summed E-state index contributed by atoms with van der Waals surface area (Å²) in [5.41, 5.74) is 16.8. The van der Waals surface area contributed by atoms with Crippen LogP contribution in [-0.4, -0.2) is 34.9 Å². The van der Waals surface area contributed by atoms with Crippen LogP contribution in [0.3, 0.4) is 0 Å². The summed E-state index contributed by atoms with van der Waals surface area (Å²) in [5.74, 6) is -0.445. The molecule has 1 aromatic rings. The van der Waals surface area contributed by atoms with Crippen molar-refractivity contribution >= 4 is 23.5 Å². The Labute approximate surface area is 111 Å². The smallest absolute Gasteiger partial charge is 0.237 e. The number of nitrogens with zero attached hydrogens (tertiary/aromatic N) is 3. The van der Waals surface area contributed by atoms with Gasteiger partial charge < -0.3 is 22.1 Å². The number of hydrogen-bond acceptors (Lipinski definition) is 6. The van der Waals surface area contributed by atoms with E-state index in [0.29, 0.717) is 17.2 Å². The minimum Gasteiger partial charge on any atom is -0.383 e. The molecule has 1 rings (SSSR count). The molecule has 0 aliphatic rings. The first-order valence-corrected chi connectivity index (χ1v) is 5.74. The topological polar surface area (TPSA) is 141 Å². The van der Waals surface area contributed by atoms with Crippen molar-refractivity contribution in [3.63, 3.8) is 0 Å². The Kier molecular flexibility index (Phi) is 4.62. The van der Waals surface area contributed by atoms with Gasteiger partial charge in [0.15, 0.2) is 0 Å². The van der Waals surface area contributed by atoms with Crippen LogP contribution in [0.4, 0.5) is 11.6 Å². The molecule has 0 spiro atoms. The highest BCUT2D eigenvalue weighted by Gasteiger charge is 2.21. The Bertz CT molecular complexity index is 472. The van der Waals surface area contributed by atoms with Gasteiger partial charge in [0.1, 0.15) is 18.0 Å². The van der Waals surface area contributed by atoms with Crippen LogP contribution in [0.5, 0.6) is 0 Å². The van der Waals surface area contributed by atoms with Gasteiger partial charge in [-0.2, -0.15) is 0 Å². The number of nitrogen functional groups attached to an aromatic ring is 1. The van der Waals surface area contributed by atoms with Crippen LogP contribution in [0.2, 0.25) is 0 Å². The molecule has 6 N–H and O–H groups in total. The van der Waals surface area contributed by atoms with Crippen LogP contribution in [0.15, 0.2) is 6.33 Å². The van der Waals surface area contributed by atoms with E-state index >= 15 is 0 Å². The molecule has 0 saturated heterocycles. The number of aromatic nitrogens is 2. The third kappa shape index (κ3) is 3.80. The average molecular weight is 266 g/mol. The first kappa shape index (κ1) is 14.7. The number of anilines is 2. The Balaban J connectivity index is 3.24. The third-order valence-corrected chi connectivity index (χ3v) is 2.46. The Morgan fingerprint density at radius 3 is 2.16 bits per heavy atom. The van der Waals surface area contributed by atoms with E-state index in [2.05, 4.69) is 9.97 Å². The highest BCUT2D eigenvalue weighted by atomic mass is 16.2. The molecule has 8 nitrogen and oxygen atoms in total. The van der Waals surface area contributed by atoms with E-state index in [1.165, 1.54) is 11.2 Å². The van der Waals surface area contributed by atoms with Crippen molar-refractivity contribution in [1.82, 2.24) is 9.97 Å².